The average molecular weight is 911 g/mol. The van der Waals surface area contributed by atoms with Gasteiger partial charge in [-0.3, -0.25) is 22.8 Å². The number of phenolic OH excluding ortho intramolecular Hbond substituents is 1. The molecule has 26 nitrogen and oxygen atoms in total. The number of hydrogen-bond acceptors (Lipinski definition) is 21. The monoisotopic (exact) mass is 910 g/mol. The molecule has 4 aromatic carbocycles. The number of nitrogen functional groups attached to an aromatic ring is 2. The van der Waals surface area contributed by atoms with E-state index in [2.05, 4.69) is 40.7 Å². The fraction of sp³-hybridized carbons (Fsp3) is 0. The van der Waals surface area contributed by atoms with Gasteiger partial charge in [-0.1, -0.05) is 0 Å². The highest BCUT2D eigenvalue weighted by Gasteiger charge is 2.29. The van der Waals surface area contributed by atoms with E-state index in [4.69, 9.17) is 23.1 Å². The lowest BCUT2D eigenvalue weighted by Crippen LogP contribution is -2.04. The van der Waals surface area contributed by atoms with Gasteiger partial charge in [0.2, 0.25) is 17.2 Å². The quantitative estimate of drug-likeness (QED) is 0.0521. The minimum absolute atomic E-state index is 0.0907. The Labute approximate surface area is 323 Å². The summed E-state index contributed by atoms with van der Waals surface area (Å²) in [7, 11) is -26.4. The standard InChI is InChI=1S/C25H19ClN10O16S5/c26-23-30-24(28)32-25(31-23)29-10-1-3-14(54(41,42)43)12(7-10)33-36-21-17(57(50,51)52)6-9-5-16(56(47,48)49)20(19(27)18(9)22(21)37)35-34-13-8-11(53(38,39)40)2-4-15(13)55(44,45)46/h1-8,37H,27H2,(H,38,39,40)(H,41,42,43)(H,44,45,46)(H,47,48,49)(H,50,51,52)(H3,28,29,30,31,32)/b35-34-,36-33-. The van der Waals surface area contributed by atoms with Crippen LogP contribution in [0.5, 0.6) is 5.75 Å². The van der Waals surface area contributed by atoms with Gasteiger partial charge in [-0.15, -0.1) is 20.5 Å². The Kier molecular flexibility index (Phi) is 11.0. The maximum Gasteiger partial charge on any atom is 0.296 e. The van der Waals surface area contributed by atoms with Crippen molar-refractivity contribution in [1.29, 1.82) is 0 Å². The third-order valence-corrected chi connectivity index (χ3v) is 11.6. The maximum absolute atomic E-state index is 12.5. The molecule has 0 aliphatic heterocycles. The van der Waals surface area contributed by atoms with Gasteiger partial charge < -0.3 is 21.9 Å². The highest BCUT2D eigenvalue weighted by molar-refractivity contribution is 7.87. The number of benzene rings is 4. The first kappa shape index (κ1) is 42.5. The van der Waals surface area contributed by atoms with E-state index in [9.17, 15) is 70.0 Å². The van der Waals surface area contributed by atoms with Gasteiger partial charge in [0.1, 0.15) is 42.3 Å². The van der Waals surface area contributed by atoms with Crippen LogP contribution in [0.1, 0.15) is 0 Å². The number of nitrogens with two attached hydrogens (primary N) is 2. The van der Waals surface area contributed by atoms with E-state index in [0.29, 0.717) is 30.3 Å². The zero-order chi connectivity index (χ0) is 42.6. The fourth-order valence-electron chi connectivity index (χ4n) is 4.71. The number of nitrogens with one attached hydrogen (secondary N) is 1. The number of rotatable bonds is 11. The molecule has 0 bridgehead atoms. The number of aromatic nitrogens is 3. The van der Waals surface area contributed by atoms with E-state index in [0.717, 1.165) is 18.2 Å². The predicted octanol–water partition coefficient (Wildman–Crippen LogP) is 3.36. The first-order valence-corrected chi connectivity index (χ1v) is 21.7. The number of halogens is 1. The highest BCUT2D eigenvalue weighted by atomic mass is 35.5. The smallest absolute Gasteiger partial charge is 0.296 e. The maximum atomic E-state index is 12.5. The second-order valence-electron chi connectivity index (χ2n) is 10.8. The molecule has 5 aromatic rings. The van der Waals surface area contributed by atoms with E-state index in [1.54, 1.807) is 0 Å². The van der Waals surface area contributed by atoms with E-state index >= 15 is 0 Å². The van der Waals surface area contributed by atoms with Crippen LogP contribution in [0.4, 0.5) is 46.0 Å². The van der Waals surface area contributed by atoms with Crippen LogP contribution >= 0.6 is 11.6 Å². The van der Waals surface area contributed by atoms with E-state index in [1.807, 2.05) is 0 Å². The van der Waals surface area contributed by atoms with Crippen molar-refractivity contribution < 1.29 is 70.0 Å². The van der Waals surface area contributed by atoms with Crippen LogP contribution in [0, 0.1) is 0 Å². The van der Waals surface area contributed by atoms with Crippen LogP contribution in [0.25, 0.3) is 10.8 Å². The molecule has 57 heavy (non-hydrogen) atoms. The van der Waals surface area contributed by atoms with Gasteiger partial charge >= 0.3 is 0 Å². The molecule has 0 unspecified atom stereocenters. The largest absolute Gasteiger partial charge is 0.505 e. The molecule has 0 atom stereocenters. The molecule has 0 radical (unpaired) electrons. The van der Waals surface area contributed by atoms with Crippen LogP contribution in [-0.2, 0) is 50.6 Å². The third kappa shape index (κ3) is 9.34. The zero-order valence-electron chi connectivity index (χ0n) is 27.1. The second kappa shape index (κ2) is 14.7. The Morgan fingerprint density at radius 1 is 0.579 bits per heavy atom. The lowest BCUT2D eigenvalue weighted by Gasteiger charge is -2.14. The van der Waals surface area contributed by atoms with Crippen molar-refractivity contribution >= 4 is 119 Å². The summed E-state index contributed by atoms with van der Waals surface area (Å²) < 4.78 is 170. The Bertz CT molecular complexity index is 3170. The summed E-state index contributed by atoms with van der Waals surface area (Å²) >= 11 is 5.76. The Balaban J connectivity index is 1.78. The van der Waals surface area contributed by atoms with Gasteiger partial charge in [0.25, 0.3) is 50.6 Å². The molecule has 32 heteroatoms. The third-order valence-electron chi connectivity index (χ3n) is 7.01. The van der Waals surface area contributed by atoms with Crippen molar-refractivity contribution in [2.75, 3.05) is 16.8 Å². The lowest BCUT2D eigenvalue weighted by atomic mass is 10.1. The summed E-state index contributed by atoms with van der Waals surface area (Å²) in [5.74, 6) is -1.97. The summed E-state index contributed by atoms with van der Waals surface area (Å²) in [5.41, 5.74) is 6.33. The van der Waals surface area contributed by atoms with Gasteiger partial charge in [-0.05, 0) is 65.5 Å². The second-order valence-corrected chi connectivity index (χ2v) is 18.1. The van der Waals surface area contributed by atoms with Crippen molar-refractivity contribution in [3.63, 3.8) is 0 Å². The van der Waals surface area contributed by atoms with Gasteiger partial charge in [-0.25, -0.2) is 0 Å². The SMILES string of the molecule is Nc1nc(Cl)nc(Nc2ccc(S(=O)(=O)O)c(/N=N\c3c(S(=O)(=O)O)cc4cc(S(=O)(=O)O)c(/N=N\c5cc(S(=O)(=O)O)ccc5S(=O)(=O)O)c(N)c4c3O)c2)n1. The zero-order valence-corrected chi connectivity index (χ0v) is 31.9. The van der Waals surface area contributed by atoms with Crippen LogP contribution in [0.3, 0.4) is 0 Å². The molecule has 0 aliphatic rings. The number of azo groups is 2. The number of phenols is 1. The van der Waals surface area contributed by atoms with Crippen LogP contribution in [0.2, 0.25) is 5.28 Å². The van der Waals surface area contributed by atoms with Crippen molar-refractivity contribution in [3.05, 3.63) is 53.8 Å². The molecule has 11 N–H and O–H groups in total. The molecule has 1 aromatic heterocycles. The molecule has 0 fully saturated rings. The number of nitrogens with zero attached hydrogens (tertiary/aromatic N) is 7. The molecule has 0 spiro atoms. The van der Waals surface area contributed by atoms with E-state index in [1.165, 1.54) is 0 Å². The van der Waals surface area contributed by atoms with E-state index < -0.39 is 120 Å². The minimum atomic E-state index is -5.49. The molecule has 1 heterocycles. The van der Waals surface area contributed by atoms with Crippen molar-refractivity contribution in [1.82, 2.24) is 15.0 Å². The van der Waals surface area contributed by atoms with E-state index in [-0.39, 0.29) is 22.9 Å². The molecular formula is C25H19ClN10O16S5. The molecular weight excluding hydrogens is 892 g/mol. The number of fused-ring (bicyclic) bond motifs is 1. The summed E-state index contributed by atoms with van der Waals surface area (Å²) in [4.78, 5) is 5.34. The number of anilines is 4. The Morgan fingerprint density at radius 3 is 1.58 bits per heavy atom. The van der Waals surface area contributed by atoms with Crippen molar-refractivity contribution in [2.24, 2.45) is 20.5 Å². The van der Waals surface area contributed by atoms with Gasteiger partial charge in [0.05, 0.1) is 16.0 Å². The molecule has 0 aliphatic carbocycles. The Hall–Kier alpha value is -5.61. The molecule has 5 rings (SSSR count). The fourth-order valence-corrected chi connectivity index (χ4v) is 7.91. The number of hydrogen-bond donors (Lipinski definition) is 9. The molecule has 0 amide bonds. The summed E-state index contributed by atoms with van der Waals surface area (Å²) in [6.45, 7) is 0. The van der Waals surface area contributed by atoms with Gasteiger partial charge in [0, 0.05) is 5.69 Å². The summed E-state index contributed by atoms with van der Waals surface area (Å²) in [6.07, 6.45) is 0. The highest BCUT2D eigenvalue weighted by Crippen LogP contribution is 2.48. The lowest BCUT2D eigenvalue weighted by molar-refractivity contribution is 0.472. The average Bonchev–Trinajstić information content (AvgIpc) is 3.04. The first-order valence-electron chi connectivity index (χ1n) is 14.1. The Morgan fingerprint density at radius 2 is 1.07 bits per heavy atom. The summed E-state index contributed by atoms with van der Waals surface area (Å²) in [6, 6.07) is 5.02. The van der Waals surface area contributed by atoms with Crippen LogP contribution in [0.15, 0.2) is 93.5 Å². The minimum Gasteiger partial charge on any atom is -0.505 e. The van der Waals surface area contributed by atoms with Crippen molar-refractivity contribution in [3.8, 4) is 5.75 Å². The molecule has 0 saturated heterocycles. The van der Waals surface area contributed by atoms with Gasteiger partial charge in [-0.2, -0.15) is 57.0 Å². The molecule has 0 saturated carbocycles. The topological polar surface area (TPSA) is 444 Å². The van der Waals surface area contributed by atoms with Crippen LogP contribution < -0.4 is 16.8 Å². The van der Waals surface area contributed by atoms with Crippen LogP contribution in [-0.4, -0.2) is 84.9 Å². The summed E-state index contributed by atoms with van der Waals surface area (Å²) in [5, 5.41) is 26.1. The number of aromatic hydroxyl groups is 1. The van der Waals surface area contributed by atoms with Gasteiger partial charge in [0.15, 0.2) is 5.75 Å². The predicted molar refractivity (Wildman–Crippen MR) is 193 cm³/mol. The van der Waals surface area contributed by atoms with Crippen molar-refractivity contribution in [2.45, 2.75) is 24.5 Å². The first-order chi connectivity index (χ1) is 26.1. The molecule has 302 valence electrons. The normalized spacial score (nSPS) is 13.2.